The van der Waals surface area contributed by atoms with Crippen molar-refractivity contribution in [1.29, 1.82) is 0 Å². The van der Waals surface area contributed by atoms with E-state index in [0.717, 1.165) is 31.6 Å². The lowest BCUT2D eigenvalue weighted by Gasteiger charge is -2.26. The number of hydrogen-bond acceptors (Lipinski definition) is 3. The molecule has 1 fully saturated rings. The molecule has 14 heavy (non-hydrogen) atoms. The van der Waals surface area contributed by atoms with Gasteiger partial charge in [-0.25, -0.2) is 0 Å². The third kappa shape index (κ3) is 1.65. The molecule has 2 rings (SSSR count). The summed E-state index contributed by atoms with van der Waals surface area (Å²) in [6.07, 6.45) is 3.70. The summed E-state index contributed by atoms with van der Waals surface area (Å²) in [5.41, 5.74) is 1.18. The molecule has 1 unspecified atom stereocenters. The van der Waals surface area contributed by atoms with Gasteiger partial charge in [0.2, 0.25) is 0 Å². The smallest absolute Gasteiger partial charge is 0.0479 e. The molecule has 0 spiro atoms. The number of aromatic nitrogens is 1. The standard InChI is InChI=1S/C11H16N2O/c14-8-5-11(4-7-12-9-11)10-3-1-2-6-13-10/h1-3,6,12,14H,4-5,7-9H2. The van der Waals surface area contributed by atoms with Gasteiger partial charge in [0.05, 0.1) is 0 Å². The average Bonchev–Trinajstić information content (AvgIpc) is 2.70. The quantitative estimate of drug-likeness (QED) is 0.741. The van der Waals surface area contributed by atoms with Crippen LogP contribution in [0.4, 0.5) is 0 Å². The largest absolute Gasteiger partial charge is 0.396 e. The van der Waals surface area contributed by atoms with Gasteiger partial charge in [-0.3, -0.25) is 4.98 Å². The van der Waals surface area contributed by atoms with E-state index in [0.29, 0.717) is 0 Å². The molecule has 0 aliphatic carbocycles. The van der Waals surface area contributed by atoms with E-state index in [4.69, 9.17) is 5.11 Å². The average molecular weight is 192 g/mol. The Morgan fingerprint density at radius 3 is 3.00 bits per heavy atom. The van der Waals surface area contributed by atoms with Crippen molar-refractivity contribution in [2.45, 2.75) is 18.3 Å². The van der Waals surface area contributed by atoms with Crippen molar-refractivity contribution in [2.75, 3.05) is 19.7 Å². The topological polar surface area (TPSA) is 45.2 Å². The first-order valence-electron chi connectivity index (χ1n) is 5.10. The molecule has 0 bridgehead atoms. The van der Waals surface area contributed by atoms with Gasteiger partial charge in [-0.1, -0.05) is 6.07 Å². The van der Waals surface area contributed by atoms with E-state index in [2.05, 4.69) is 16.4 Å². The highest BCUT2D eigenvalue weighted by Crippen LogP contribution is 2.32. The molecule has 1 aromatic heterocycles. The van der Waals surface area contributed by atoms with E-state index in [1.54, 1.807) is 0 Å². The first-order valence-corrected chi connectivity index (χ1v) is 5.10. The minimum absolute atomic E-state index is 0.0655. The van der Waals surface area contributed by atoms with E-state index in [9.17, 15) is 0 Å². The molecule has 1 aliphatic rings. The zero-order chi connectivity index (χ0) is 9.86. The van der Waals surface area contributed by atoms with Crippen molar-refractivity contribution in [3.05, 3.63) is 30.1 Å². The maximum atomic E-state index is 9.10. The Balaban J connectivity index is 2.27. The van der Waals surface area contributed by atoms with Crippen LogP contribution < -0.4 is 5.32 Å². The van der Waals surface area contributed by atoms with E-state index in [1.807, 2.05) is 18.3 Å². The predicted octanol–water partition coefficient (Wildman–Crippen LogP) is 0.695. The second-order valence-electron chi connectivity index (χ2n) is 3.90. The predicted molar refractivity (Wildman–Crippen MR) is 55.1 cm³/mol. The summed E-state index contributed by atoms with van der Waals surface area (Å²) in [5.74, 6) is 0. The molecule has 76 valence electrons. The van der Waals surface area contributed by atoms with Gasteiger partial charge in [0.15, 0.2) is 0 Å². The van der Waals surface area contributed by atoms with E-state index in [1.165, 1.54) is 0 Å². The lowest BCUT2D eigenvalue weighted by Crippen LogP contribution is -2.31. The Hall–Kier alpha value is -0.930. The van der Waals surface area contributed by atoms with Gasteiger partial charge in [0.1, 0.15) is 0 Å². The monoisotopic (exact) mass is 192 g/mol. The van der Waals surface area contributed by atoms with E-state index >= 15 is 0 Å². The lowest BCUT2D eigenvalue weighted by atomic mass is 9.80. The summed E-state index contributed by atoms with van der Waals surface area (Å²) in [6, 6.07) is 6.00. The molecule has 1 saturated heterocycles. The summed E-state index contributed by atoms with van der Waals surface area (Å²) in [7, 11) is 0. The second-order valence-corrected chi connectivity index (χ2v) is 3.90. The maximum absolute atomic E-state index is 9.10. The van der Waals surface area contributed by atoms with Crippen LogP contribution in [0, 0.1) is 0 Å². The number of hydrogen-bond donors (Lipinski definition) is 2. The first kappa shape index (κ1) is 9.62. The van der Waals surface area contributed by atoms with Crippen LogP contribution in [0.5, 0.6) is 0 Å². The Bertz CT molecular complexity index is 281. The fraction of sp³-hybridized carbons (Fsp3) is 0.545. The van der Waals surface area contributed by atoms with Crippen molar-refractivity contribution < 1.29 is 5.11 Å². The number of aliphatic hydroxyl groups excluding tert-OH is 1. The van der Waals surface area contributed by atoms with Crippen LogP contribution >= 0.6 is 0 Å². The van der Waals surface area contributed by atoms with Crippen molar-refractivity contribution >= 4 is 0 Å². The molecular weight excluding hydrogens is 176 g/mol. The third-order valence-electron chi connectivity index (χ3n) is 3.04. The van der Waals surface area contributed by atoms with Gasteiger partial charge in [-0.05, 0) is 31.5 Å². The van der Waals surface area contributed by atoms with Crippen molar-refractivity contribution in [1.82, 2.24) is 10.3 Å². The number of rotatable bonds is 3. The lowest BCUT2D eigenvalue weighted by molar-refractivity contribution is 0.241. The Kier molecular flexibility index (Phi) is 2.79. The van der Waals surface area contributed by atoms with Crippen molar-refractivity contribution in [3.63, 3.8) is 0 Å². The van der Waals surface area contributed by atoms with Crippen LogP contribution in [0.3, 0.4) is 0 Å². The second kappa shape index (κ2) is 4.07. The molecule has 1 aliphatic heterocycles. The normalized spacial score (nSPS) is 26.6. The fourth-order valence-corrected chi connectivity index (χ4v) is 2.19. The van der Waals surface area contributed by atoms with E-state index < -0.39 is 0 Å². The molecule has 2 N–H and O–H groups in total. The minimum atomic E-state index is 0.0655. The highest BCUT2D eigenvalue weighted by atomic mass is 16.3. The number of nitrogens with zero attached hydrogens (tertiary/aromatic N) is 1. The zero-order valence-electron chi connectivity index (χ0n) is 8.24. The van der Waals surface area contributed by atoms with Crippen LogP contribution in [-0.4, -0.2) is 29.8 Å². The third-order valence-corrected chi connectivity index (χ3v) is 3.04. The molecule has 0 saturated carbocycles. The minimum Gasteiger partial charge on any atom is -0.396 e. The summed E-state index contributed by atoms with van der Waals surface area (Å²) in [6.45, 7) is 2.19. The summed E-state index contributed by atoms with van der Waals surface area (Å²) < 4.78 is 0. The molecular formula is C11H16N2O. The molecule has 0 radical (unpaired) electrons. The molecule has 1 atom stereocenters. The van der Waals surface area contributed by atoms with Gasteiger partial charge in [-0.15, -0.1) is 0 Å². The zero-order valence-corrected chi connectivity index (χ0v) is 8.24. The van der Waals surface area contributed by atoms with Crippen LogP contribution in [0.1, 0.15) is 18.5 Å². The van der Waals surface area contributed by atoms with Crippen LogP contribution in [0.15, 0.2) is 24.4 Å². The number of aliphatic hydroxyl groups is 1. The number of nitrogens with one attached hydrogen (secondary N) is 1. The van der Waals surface area contributed by atoms with Gasteiger partial charge in [0.25, 0.3) is 0 Å². The SMILES string of the molecule is OCCC1(c2ccccn2)CCNC1. The van der Waals surface area contributed by atoms with Crippen LogP contribution in [0.25, 0.3) is 0 Å². The van der Waals surface area contributed by atoms with Crippen molar-refractivity contribution in [3.8, 4) is 0 Å². The highest BCUT2D eigenvalue weighted by molar-refractivity contribution is 5.19. The molecule has 3 heteroatoms. The Labute approximate surface area is 84.2 Å². The van der Waals surface area contributed by atoms with Crippen molar-refractivity contribution in [2.24, 2.45) is 0 Å². The van der Waals surface area contributed by atoms with E-state index in [-0.39, 0.29) is 12.0 Å². The Morgan fingerprint density at radius 1 is 1.50 bits per heavy atom. The van der Waals surface area contributed by atoms with Crippen LogP contribution in [-0.2, 0) is 5.41 Å². The summed E-state index contributed by atoms with van der Waals surface area (Å²) in [5, 5.41) is 12.4. The van der Waals surface area contributed by atoms with Gasteiger partial charge in [-0.2, -0.15) is 0 Å². The molecule has 1 aromatic rings. The fourth-order valence-electron chi connectivity index (χ4n) is 2.19. The maximum Gasteiger partial charge on any atom is 0.0479 e. The molecule has 2 heterocycles. The number of pyridine rings is 1. The van der Waals surface area contributed by atoms with Gasteiger partial charge >= 0.3 is 0 Å². The molecule has 0 aromatic carbocycles. The molecule has 0 amide bonds. The Morgan fingerprint density at radius 2 is 2.43 bits per heavy atom. The summed E-state index contributed by atoms with van der Waals surface area (Å²) in [4.78, 5) is 4.40. The van der Waals surface area contributed by atoms with Gasteiger partial charge < -0.3 is 10.4 Å². The van der Waals surface area contributed by atoms with Gasteiger partial charge in [0, 0.05) is 30.5 Å². The first-order chi connectivity index (χ1) is 6.87. The highest BCUT2D eigenvalue weighted by Gasteiger charge is 2.35. The van der Waals surface area contributed by atoms with Crippen LogP contribution in [0.2, 0.25) is 0 Å². The summed E-state index contributed by atoms with van der Waals surface area (Å²) >= 11 is 0. The molecule has 3 nitrogen and oxygen atoms in total.